The van der Waals surface area contributed by atoms with Crippen molar-refractivity contribution in [2.75, 3.05) is 31.9 Å². The predicted molar refractivity (Wildman–Crippen MR) is 81.0 cm³/mol. The molecule has 0 aromatic heterocycles. The molecule has 1 aromatic carbocycles. The zero-order valence-corrected chi connectivity index (χ0v) is 13.0. The monoisotopic (exact) mass is 315 g/mol. The van der Waals surface area contributed by atoms with Crippen molar-refractivity contribution >= 4 is 15.7 Å². The first-order chi connectivity index (χ1) is 9.90. The van der Waals surface area contributed by atoms with Crippen LogP contribution < -0.4 is 10.5 Å². The number of hydrogen-bond acceptors (Lipinski definition) is 4. The molecular weight excluding hydrogens is 293 g/mol. The average Bonchev–Trinajstić information content (AvgIpc) is 2.43. The van der Waals surface area contributed by atoms with E-state index in [2.05, 4.69) is 9.62 Å². The number of nitrogen functional groups attached to an aromatic ring is 1. The van der Waals surface area contributed by atoms with Crippen LogP contribution in [0.5, 0.6) is 0 Å². The SMILES string of the molecule is Cc1cc(N)cc(S(=O)(=O)NCCN2CCCCC2)c1F. The van der Waals surface area contributed by atoms with Crippen molar-refractivity contribution in [3.8, 4) is 0 Å². The number of nitrogens with one attached hydrogen (secondary N) is 1. The molecule has 0 radical (unpaired) electrons. The first-order valence-electron chi connectivity index (χ1n) is 7.18. The van der Waals surface area contributed by atoms with Gasteiger partial charge in [0.25, 0.3) is 0 Å². The second-order valence-corrected chi connectivity index (χ2v) is 7.19. The van der Waals surface area contributed by atoms with Crippen molar-refractivity contribution in [1.29, 1.82) is 0 Å². The zero-order chi connectivity index (χ0) is 15.5. The fourth-order valence-corrected chi connectivity index (χ4v) is 3.76. The number of hydrogen-bond donors (Lipinski definition) is 2. The van der Waals surface area contributed by atoms with E-state index in [9.17, 15) is 12.8 Å². The van der Waals surface area contributed by atoms with Crippen molar-refractivity contribution < 1.29 is 12.8 Å². The predicted octanol–water partition coefficient (Wildman–Crippen LogP) is 1.48. The van der Waals surface area contributed by atoms with Crippen LogP contribution in [0.2, 0.25) is 0 Å². The first-order valence-corrected chi connectivity index (χ1v) is 8.66. The van der Waals surface area contributed by atoms with E-state index in [4.69, 9.17) is 5.73 Å². The van der Waals surface area contributed by atoms with E-state index in [1.54, 1.807) is 0 Å². The second kappa shape index (κ2) is 6.72. The van der Waals surface area contributed by atoms with Crippen LogP contribution in [0.4, 0.5) is 10.1 Å². The Balaban J connectivity index is 2.01. The maximum absolute atomic E-state index is 14.0. The molecule has 0 atom stereocenters. The average molecular weight is 315 g/mol. The molecule has 1 aliphatic rings. The Hall–Kier alpha value is -1.18. The topological polar surface area (TPSA) is 75.4 Å². The maximum Gasteiger partial charge on any atom is 0.243 e. The van der Waals surface area contributed by atoms with Crippen LogP contribution in [0.25, 0.3) is 0 Å². The summed E-state index contributed by atoms with van der Waals surface area (Å²) < 4.78 is 40.8. The lowest BCUT2D eigenvalue weighted by Crippen LogP contribution is -2.37. The van der Waals surface area contributed by atoms with Gasteiger partial charge in [0, 0.05) is 18.8 Å². The highest BCUT2D eigenvalue weighted by molar-refractivity contribution is 7.89. The molecule has 3 N–H and O–H groups in total. The van der Waals surface area contributed by atoms with E-state index in [1.807, 2.05) is 0 Å². The summed E-state index contributed by atoms with van der Waals surface area (Å²) in [7, 11) is -3.87. The molecule has 1 aromatic rings. The maximum atomic E-state index is 14.0. The molecule has 2 rings (SSSR count). The number of nitrogens with two attached hydrogens (primary N) is 1. The minimum Gasteiger partial charge on any atom is -0.399 e. The van der Waals surface area contributed by atoms with E-state index in [0.717, 1.165) is 32.0 Å². The van der Waals surface area contributed by atoms with Crippen molar-refractivity contribution in [3.63, 3.8) is 0 Å². The normalized spacial score (nSPS) is 17.0. The summed E-state index contributed by atoms with van der Waals surface area (Å²) in [5.74, 6) is -0.741. The summed E-state index contributed by atoms with van der Waals surface area (Å²) in [4.78, 5) is 1.84. The molecule has 1 fully saturated rings. The van der Waals surface area contributed by atoms with Crippen LogP contribution in [0.3, 0.4) is 0 Å². The standard InChI is InChI=1S/C14H22FN3O2S/c1-11-9-12(16)10-13(14(11)15)21(19,20)17-5-8-18-6-3-2-4-7-18/h9-10,17H,2-8,16H2,1H3. The van der Waals surface area contributed by atoms with Crippen LogP contribution in [0.15, 0.2) is 17.0 Å². The summed E-state index contributed by atoms with van der Waals surface area (Å²) in [6, 6.07) is 2.58. The summed E-state index contributed by atoms with van der Waals surface area (Å²) in [5, 5.41) is 0. The fraction of sp³-hybridized carbons (Fsp3) is 0.571. The number of benzene rings is 1. The largest absolute Gasteiger partial charge is 0.399 e. The van der Waals surface area contributed by atoms with Gasteiger partial charge in [-0.3, -0.25) is 0 Å². The molecular formula is C14H22FN3O2S. The molecule has 21 heavy (non-hydrogen) atoms. The van der Waals surface area contributed by atoms with Crippen molar-refractivity contribution in [1.82, 2.24) is 9.62 Å². The van der Waals surface area contributed by atoms with Gasteiger partial charge in [-0.25, -0.2) is 17.5 Å². The Kier molecular flexibility index (Phi) is 5.18. The molecule has 0 unspecified atom stereocenters. The van der Waals surface area contributed by atoms with Gasteiger partial charge in [0.15, 0.2) is 0 Å². The molecule has 118 valence electrons. The van der Waals surface area contributed by atoms with Gasteiger partial charge in [-0.1, -0.05) is 6.42 Å². The number of likely N-dealkylation sites (tertiary alicyclic amines) is 1. The highest BCUT2D eigenvalue weighted by Gasteiger charge is 2.21. The Bertz CT molecular complexity index is 598. The molecule has 0 spiro atoms. The highest BCUT2D eigenvalue weighted by Crippen LogP contribution is 2.21. The van der Waals surface area contributed by atoms with Crippen LogP contribution in [-0.2, 0) is 10.0 Å². The molecule has 7 heteroatoms. The van der Waals surface area contributed by atoms with E-state index >= 15 is 0 Å². The molecule has 1 saturated heterocycles. The molecule has 0 aliphatic carbocycles. The number of anilines is 1. The third-order valence-corrected chi connectivity index (χ3v) is 5.16. The Labute approximate surface area is 125 Å². The van der Waals surface area contributed by atoms with Crippen molar-refractivity contribution in [2.45, 2.75) is 31.1 Å². The minimum absolute atomic E-state index is 0.228. The Morgan fingerprint density at radius 1 is 1.29 bits per heavy atom. The van der Waals surface area contributed by atoms with Gasteiger partial charge in [-0.05, 0) is 50.6 Å². The van der Waals surface area contributed by atoms with E-state index in [1.165, 1.54) is 19.4 Å². The van der Waals surface area contributed by atoms with Gasteiger partial charge in [-0.15, -0.1) is 0 Å². The molecule has 5 nitrogen and oxygen atoms in total. The molecule has 1 heterocycles. The number of rotatable bonds is 5. The quantitative estimate of drug-likeness (QED) is 0.807. The van der Waals surface area contributed by atoms with Gasteiger partial charge >= 0.3 is 0 Å². The smallest absolute Gasteiger partial charge is 0.243 e. The fourth-order valence-electron chi connectivity index (χ4n) is 2.56. The number of halogens is 1. The molecule has 0 amide bonds. The third kappa shape index (κ3) is 4.15. The number of aryl methyl sites for hydroxylation is 1. The van der Waals surface area contributed by atoms with Crippen LogP contribution in [0, 0.1) is 12.7 Å². The zero-order valence-electron chi connectivity index (χ0n) is 12.2. The lowest BCUT2D eigenvalue weighted by molar-refractivity contribution is 0.232. The van der Waals surface area contributed by atoms with Crippen LogP contribution in [-0.4, -0.2) is 39.5 Å². The van der Waals surface area contributed by atoms with Crippen LogP contribution >= 0.6 is 0 Å². The summed E-state index contributed by atoms with van der Waals surface area (Å²) in [6.45, 7) is 4.40. The minimum atomic E-state index is -3.87. The van der Waals surface area contributed by atoms with E-state index in [0.29, 0.717) is 6.54 Å². The van der Waals surface area contributed by atoms with E-state index < -0.39 is 15.8 Å². The van der Waals surface area contributed by atoms with Gasteiger partial charge < -0.3 is 10.6 Å². The Morgan fingerprint density at radius 3 is 2.62 bits per heavy atom. The van der Waals surface area contributed by atoms with Gasteiger partial charge in [0.05, 0.1) is 0 Å². The van der Waals surface area contributed by atoms with E-state index in [-0.39, 0.29) is 22.7 Å². The number of sulfonamides is 1. The molecule has 1 aliphatic heterocycles. The van der Waals surface area contributed by atoms with Crippen molar-refractivity contribution in [3.05, 3.63) is 23.5 Å². The summed E-state index contributed by atoms with van der Waals surface area (Å²) >= 11 is 0. The second-order valence-electron chi connectivity index (χ2n) is 5.45. The molecule has 0 saturated carbocycles. The number of piperidine rings is 1. The lowest BCUT2D eigenvalue weighted by atomic mass is 10.1. The van der Waals surface area contributed by atoms with Gasteiger partial charge in [-0.2, -0.15) is 0 Å². The highest BCUT2D eigenvalue weighted by atomic mass is 32.2. The van der Waals surface area contributed by atoms with Gasteiger partial charge in [0.2, 0.25) is 10.0 Å². The summed E-state index contributed by atoms with van der Waals surface area (Å²) in [5.41, 5.74) is 6.07. The number of nitrogens with zero attached hydrogens (tertiary/aromatic N) is 1. The van der Waals surface area contributed by atoms with Gasteiger partial charge in [0.1, 0.15) is 10.7 Å². The van der Waals surface area contributed by atoms with Crippen molar-refractivity contribution in [2.24, 2.45) is 0 Å². The Morgan fingerprint density at radius 2 is 1.95 bits per heavy atom. The molecule has 0 bridgehead atoms. The lowest BCUT2D eigenvalue weighted by Gasteiger charge is -2.26. The third-order valence-electron chi connectivity index (χ3n) is 3.70. The first kappa shape index (κ1) is 16.2. The van der Waals surface area contributed by atoms with Crippen LogP contribution in [0.1, 0.15) is 24.8 Å². The summed E-state index contributed by atoms with van der Waals surface area (Å²) in [6.07, 6.45) is 3.53.